The first-order valence-electron chi connectivity index (χ1n) is 7.08. The lowest BCUT2D eigenvalue weighted by Crippen LogP contribution is -2.39. The molecule has 0 N–H and O–H groups in total. The molecule has 0 spiro atoms. The maximum atomic E-state index is 11.5. The van der Waals surface area contributed by atoms with Crippen molar-refractivity contribution in [1.29, 1.82) is 0 Å². The molecule has 1 aliphatic heterocycles. The summed E-state index contributed by atoms with van der Waals surface area (Å²) in [5.74, 6) is 0.0880. The zero-order chi connectivity index (χ0) is 12.5. The topological polar surface area (TPSA) is 29.5 Å². The number of piperidine rings is 1. The molecule has 1 aliphatic rings. The third-order valence-electron chi connectivity index (χ3n) is 3.62. The summed E-state index contributed by atoms with van der Waals surface area (Å²) in [5.41, 5.74) is 0. The Morgan fingerprint density at radius 2 is 2.06 bits per heavy atom. The number of ether oxygens (including phenoxy) is 1. The van der Waals surface area contributed by atoms with Gasteiger partial charge in [0.05, 0.1) is 13.0 Å². The van der Waals surface area contributed by atoms with Gasteiger partial charge >= 0.3 is 5.97 Å². The molecule has 3 heteroatoms. The zero-order valence-electron chi connectivity index (χ0n) is 11.4. The van der Waals surface area contributed by atoms with Crippen molar-refractivity contribution in [2.24, 2.45) is 5.92 Å². The van der Waals surface area contributed by atoms with Gasteiger partial charge in [-0.2, -0.15) is 0 Å². The second-order valence-corrected chi connectivity index (χ2v) is 5.08. The van der Waals surface area contributed by atoms with Crippen molar-refractivity contribution in [3.8, 4) is 0 Å². The summed E-state index contributed by atoms with van der Waals surface area (Å²) in [5, 5.41) is 0. The number of unbranched alkanes of at least 4 members (excludes halogenated alkanes) is 4. The van der Waals surface area contributed by atoms with E-state index in [1.165, 1.54) is 39.2 Å². The van der Waals surface area contributed by atoms with Crippen LogP contribution < -0.4 is 0 Å². The summed E-state index contributed by atoms with van der Waals surface area (Å²) < 4.78 is 4.83. The number of nitrogens with zero attached hydrogens (tertiary/aromatic N) is 1. The highest BCUT2D eigenvalue weighted by Crippen LogP contribution is 2.18. The lowest BCUT2D eigenvalue weighted by Gasteiger charge is -2.31. The molecular weight excluding hydrogens is 214 g/mol. The number of carbonyl (C=O) groups excluding carboxylic acids is 1. The SMILES string of the molecule is CCCCCCCN1CCCC(C(=O)OC)C1. The summed E-state index contributed by atoms with van der Waals surface area (Å²) in [6.07, 6.45) is 8.73. The van der Waals surface area contributed by atoms with Crippen LogP contribution in [0, 0.1) is 5.92 Å². The number of rotatable bonds is 7. The van der Waals surface area contributed by atoms with Gasteiger partial charge in [-0.05, 0) is 32.4 Å². The van der Waals surface area contributed by atoms with Gasteiger partial charge in [0.25, 0.3) is 0 Å². The molecule has 0 aromatic carbocycles. The Kier molecular flexibility index (Phi) is 7.25. The van der Waals surface area contributed by atoms with Gasteiger partial charge in [-0.25, -0.2) is 0 Å². The van der Waals surface area contributed by atoms with Gasteiger partial charge in [0.1, 0.15) is 0 Å². The lowest BCUT2D eigenvalue weighted by atomic mass is 9.98. The van der Waals surface area contributed by atoms with E-state index in [-0.39, 0.29) is 11.9 Å². The largest absolute Gasteiger partial charge is 0.469 e. The van der Waals surface area contributed by atoms with Crippen LogP contribution in [0.25, 0.3) is 0 Å². The Bertz CT molecular complexity index is 218. The molecule has 0 saturated carbocycles. The molecule has 1 saturated heterocycles. The Morgan fingerprint density at radius 1 is 1.29 bits per heavy atom. The number of esters is 1. The smallest absolute Gasteiger partial charge is 0.309 e. The molecule has 0 aromatic heterocycles. The molecule has 1 fully saturated rings. The fourth-order valence-corrected chi connectivity index (χ4v) is 2.56. The minimum Gasteiger partial charge on any atom is -0.469 e. The van der Waals surface area contributed by atoms with Crippen molar-refractivity contribution in [1.82, 2.24) is 4.90 Å². The first kappa shape index (κ1) is 14.5. The van der Waals surface area contributed by atoms with E-state index >= 15 is 0 Å². The van der Waals surface area contributed by atoms with Crippen molar-refractivity contribution >= 4 is 5.97 Å². The van der Waals surface area contributed by atoms with E-state index in [4.69, 9.17) is 4.74 Å². The molecule has 0 aromatic rings. The quantitative estimate of drug-likeness (QED) is 0.507. The second kappa shape index (κ2) is 8.51. The monoisotopic (exact) mass is 241 g/mol. The molecule has 17 heavy (non-hydrogen) atoms. The standard InChI is InChI=1S/C14H27NO2/c1-3-4-5-6-7-10-15-11-8-9-13(12-15)14(16)17-2/h13H,3-12H2,1-2H3. The summed E-state index contributed by atoms with van der Waals surface area (Å²) in [4.78, 5) is 13.9. The first-order chi connectivity index (χ1) is 8.27. The predicted octanol–water partition coefficient (Wildman–Crippen LogP) is 2.84. The van der Waals surface area contributed by atoms with Gasteiger partial charge < -0.3 is 9.64 Å². The first-order valence-corrected chi connectivity index (χ1v) is 7.08. The molecule has 1 unspecified atom stereocenters. The van der Waals surface area contributed by atoms with Crippen LogP contribution in [0.1, 0.15) is 51.9 Å². The summed E-state index contributed by atoms with van der Waals surface area (Å²) in [6, 6.07) is 0. The zero-order valence-corrected chi connectivity index (χ0v) is 11.4. The minimum absolute atomic E-state index is 0.0271. The van der Waals surface area contributed by atoms with E-state index < -0.39 is 0 Å². The van der Waals surface area contributed by atoms with Crippen molar-refractivity contribution in [2.45, 2.75) is 51.9 Å². The van der Waals surface area contributed by atoms with E-state index in [0.717, 1.165) is 32.5 Å². The van der Waals surface area contributed by atoms with Crippen LogP contribution in [0.4, 0.5) is 0 Å². The molecule has 3 nitrogen and oxygen atoms in total. The van der Waals surface area contributed by atoms with E-state index in [2.05, 4.69) is 11.8 Å². The molecule has 0 aliphatic carbocycles. The Hall–Kier alpha value is -0.570. The Balaban J connectivity index is 2.14. The van der Waals surface area contributed by atoms with Gasteiger partial charge in [0.2, 0.25) is 0 Å². The molecule has 1 heterocycles. The Labute approximate surface area is 106 Å². The number of hydrogen-bond acceptors (Lipinski definition) is 3. The molecule has 0 radical (unpaired) electrons. The summed E-state index contributed by atoms with van der Waals surface area (Å²) in [7, 11) is 1.49. The fraction of sp³-hybridized carbons (Fsp3) is 0.929. The van der Waals surface area contributed by atoms with Crippen LogP contribution in [0.5, 0.6) is 0 Å². The van der Waals surface area contributed by atoms with Crippen molar-refractivity contribution in [2.75, 3.05) is 26.7 Å². The summed E-state index contributed by atoms with van der Waals surface area (Å²) in [6.45, 7) is 5.45. The normalized spacial score (nSPS) is 21.4. The third kappa shape index (κ3) is 5.53. The van der Waals surface area contributed by atoms with Crippen molar-refractivity contribution < 1.29 is 9.53 Å². The molecular formula is C14H27NO2. The average Bonchev–Trinajstić information content (AvgIpc) is 2.38. The number of hydrogen-bond donors (Lipinski definition) is 0. The highest BCUT2D eigenvalue weighted by atomic mass is 16.5. The molecule has 100 valence electrons. The molecule has 1 rings (SSSR count). The van der Waals surface area contributed by atoms with Gasteiger partial charge in [0.15, 0.2) is 0 Å². The van der Waals surface area contributed by atoms with Crippen molar-refractivity contribution in [3.05, 3.63) is 0 Å². The molecule has 0 amide bonds. The maximum Gasteiger partial charge on any atom is 0.309 e. The van der Waals surface area contributed by atoms with E-state index in [9.17, 15) is 4.79 Å². The van der Waals surface area contributed by atoms with E-state index in [1.807, 2.05) is 0 Å². The summed E-state index contributed by atoms with van der Waals surface area (Å²) >= 11 is 0. The van der Waals surface area contributed by atoms with E-state index in [0.29, 0.717) is 0 Å². The van der Waals surface area contributed by atoms with Crippen LogP contribution >= 0.6 is 0 Å². The van der Waals surface area contributed by atoms with E-state index in [1.54, 1.807) is 0 Å². The highest BCUT2D eigenvalue weighted by molar-refractivity contribution is 5.72. The van der Waals surface area contributed by atoms with Crippen LogP contribution in [-0.2, 0) is 9.53 Å². The number of likely N-dealkylation sites (tertiary alicyclic amines) is 1. The van der Waals surface area contributed by atoms with Gasteiger partial charge in [-0.1, -0.05) is 32.6 Å². The Morgan fingerprint density at radius 3 is 2.76 bits per heavy atom. The fourth-order valence-electron chi connectivity index (χ4n) is 2.56. The maximum absolute atomic E-state index is 11.5. The molecule has 1 atom stereocenters. The predicted molar refractivity (Wildman–Crippen MR) is 69.9 cm³/mol. The van der Waals surface area contributed by atoms with Crippen LogP contribution in [0.15, 0.2) is 0 Å². The highest BCUT2D eigenvalue weighted by Gasteiger charge is 2.25. The van der Waals surface area contributed by atoms with Gasteiger partial charge in [-0.15, -0.1) is 0 Å². The number of carbonyl (C=O) groups is 1. The molecule has 0 bridgehead atoms. The average molecular weight is 241 g/mol. The van der Waals surface area contributed by atoms with Crippen LogP contribution in [0.3, 0.4) is 0 Å². The van der Waals surface area contributed by atoms with Crippen molar-refractivity contribution in [3.63, 3.8) is 0 Å². The van der Waals surface area contributed by atoms with Gasteiger partial charge in [-0.3, -0.25) is 4.79 Å². The second-order valence-electron chi connectivity index (χ2n) is 5.08. The lowest BCUT2D eigenvalue weighted by molar-refractivity contribution is -0.147. The van der Waals surface area contributed by atoms with Gasteiger partial charge in [0, 0.05) is 6.54 Å². The number of methoxy groups -OCH3 is 1. The van der Waals surface area contributed by atoms with Crippen LogP contribution in [-0.4, -0.2) is 37.6 Å². The van der Waals surface area contributed by atoms with Crippen LogP contribution in [0.2, 0.25) is 0 Å². The third-order valence-corrected chi connectivity index (χ3v) is 3.62. The minimum atomic E-state index is -0.0271.